The molecule has 1 aromatic heterocycles. The lowest BCUT2D eigenvalue weighted by molar-refractivity contribution is -0.123. The molecule has 0 unspecified atom stereocenters. The number of carbonyl (C=O) groups excluding carboxylic acids is 1. The SMILES string of the molecule is O=C(COc1ccc(Cl)cc1Br)N/N=C/c1ccc(S(=O)(=O)[O-])o1. The monoisotopic (exact) mass is 435 g/mol. The molecule has 2 aromatic rings. The fraction of sp³-hybridized carbons (Fsp3) is 0.0769. The third-order valence-electron chi connectivity index (χ3n) is 2.48. The van der Waals surface area contributed by atoms with Gasteiger partial charge >= 0.3 is 0 Å². The van der Waals surface area contributed by atoms with Crippen molar-refractivity contribution in [3.8, 4) is 5.75 Å². The minimum atomic E-state index is -4.67. The number of nitrogens with one attached hydrogen (secondary N) is 1. The summed E-state index contributed by atoms with van der Waals surface area (Å²) in [5.74, 6) is -0.141. The van der Waals surface area contributed by atoms with Gasteiger partial charge in [0.1, 0.15) is 11.5 Å². The number of hydrazone groups is 1. The van der Waals surface area contributed by atoms with Crippen LogP contribution in [0.4, 0.5) is 0 Å². The molecule has 2 rings (SSSR count). The van der Waals surface area contributed by atoms with Crippen molar-refractivity contribution in [1.82, 2.24) is 5.43 Å². The lowest BCUT2D eigenvalue weighted by atomic mass is 10.3. The molecule has 1 N–H and O–H groups in total. The van der Waals surface area contributed by atoms with E-state index in [-0.39, 0.29) is 12.4 Å². The van der Waals surface area contributed by atoms with Crippen molar-refractivity contribution >= 4 is 49.8 Å². The van der Waals surface area contributed by atoms with Gasteiger partial charge < -0.3 is 13.7 Å². The van der Waals surface area contributed by atoms with Gasteiger partial charge in [0.25, 0.3) is 5.91 Å². The number of rotatable bonds is 6. The van der Waals surface area contributed by atoms with Gasteiger partial charge in [-0.15, -0.1) is 0 Å². The Morgan fingerprint density at radius 3 is 2.79 bits per heavy atom. The van der Waals surface area contributed by atoms with E-state index in [1.807, 2.05) is 0 Å². The van der Waals surface area contributed by atoms with Gasteiger partial charge in [0.15, 0.2) is 16.7 Å². The summed E-state index contributed by atoms with van der Waals surface area (Å²) in [5.41, 5.74) is 2.16. The van der Waals surface area contributed by atoms with Crippen LogP contribution < -0.4 is 10.2 Å². The van der Waals surface area contributed by atoms with E-state index in [0.717, 1.165) is 12.3 Å². The van der Waals surface area contributed by atoms with E-state index in [1.54, 1.807) is 18.2 Å². The van der Waals surface area contributed by atoms with Crippen LogP contribution in [0.3, 0.4) is 0 Å². The van der Waals surface area contributed by atoms with Gasteiger partial charge in [-0.2, -0.15) is 5.10 Å². The van der Waals surface area contributed by atoms with Gasteiger partial charge in [-0.05, 0) is 46.3 Å². The first-order chi connectivity index (χ1) is 11.3. The number of furan rings is 1. The Morgan fingerprint density at radius 1 is 1.42 bits per heavy atom. The van der Waals surface area contributed by atoms with E-state index in [4.69, 9.17) is 20.8 Å². The zero-order chi connectivity index (χ0) is 17.7. The zero-order valence-electron chi connectivity index (χ0n) is 11.7. The summed E-state index contributed by atoms with van der Waals surface area (Å²) in [4.78, 5) is 11.6. The summed E-state index contributed by atoms with van der Waals surface area (Å²) < 4.78 is 42.7. The first kappa shape index (κ1) is 18.5. The van der Waals surface area contributed by atoms with Crippen molar-refractivity contribution in [1.29, 1.82) is 0 Å². The highest BCUT2D eigenvalue weighted by Crippen LogP contribution is 2.27. The molecule has 0 saturated carbocycles. The minimum Gasteiger partial charge on any atom is -0.742 e. The molecule has 0 radical (unpaired) electrons. The molecule has 0 aliphatic rings. The molecule has 0 bridgehead atoms. The highest BCUT2D eigenvalue weighted by atomic mass is 79.9. The van der Waals surface area contributed by atoms with Crippen LogP contribution >= 0.6 is 27.5 Å². The Bertz CT molecular complexity index is 880. The molecule has 0 fully saturated rings. The number of hydrogen-bond donors (Lipinski definition) is 1. The predicted molar refractivity (Wildman–Crippen MR) is 87.1 cm³/mol. The van der Waals surface area contributed by atoms with Gasteiger partial charge in [0.05, 0.1) is 10.7 Å². The average Bonchev–Trinajstić information content (AvgIpc) is 2.95. The molecule has 1 aromatic carbocycles. The summed E-state index contributed by atoms with van der Waals surface area (Å²) in [6.45, 7) is -0.310. The molecule has 11 heteroatoms. The highest BCUT2D eigenvalue weighted by Gasteiger charge is 2.07. The molecule has 0 spiro atoms. The highest BCUT2D eigenvalue weighted by molar-refractivity contribution is 9.10. The first-order valence-corrected chi connectivity index (χ1v) is 8.79. The molecular weight excluding hydrogens is 428 g/mol. The largest absolute Gasteiger partial charge is 0.742 e. The number of halogens is 2. The average molecular weight is 437 g/mol. The topological polar surface area (TPSA) is 121 Å². The Hall–Kier alpha value is -1.88. The lowest BCUT2D eigenvalue weighted by Crippen LogP contribution is -2.24. The molecule has 1 heterocycles. The molecule has 0 atom stereocenters. The minimum absolute atomic E-state index is 0.00825. The third-order valence-corrected chi connectivity index (χ3v) is 4.05. The van der Waals surface area contributed by atoms with E-state index in [1.165, 1.54) is 6.07 Å². The Morgan fingerprint density at radius 2 is 2.17 bits per heavy atom. The first-order valence-electron chi connectivity index (χ1n) is 6.21. The fourth-order valence-corrected chi connectivity index (χ4v) is 2.70. The maximum atomic E-state index is 11.6. The zero-order valence-corrected chi connectivity index (χ0v) is 14.9. The molecule has 128 valence electrons. The standard InChI is InChI=1S/C13H10BrClN2O6S/c14-10-5-8(15)1-3-11(10)22-7-12(18)17-16-6-9-2-4-13(23-9)24(19,20)21/h1-6H,7H2,(H,17,18)(H,19,20,21)/p-1/b16-6+. The van der Waals surface area contributed by atoms with Crippen LogP contribution in [-0.2, 0) is 14.9 Å². The van der Waals surface area contributed by atoms with E-state index in [2.05, 4.69) is 26.5 Å². The maximum Gasteiger partial charge on any atom is 0.277 e. The van der Waals surface area contributed by atoms with Crippen molar-refractivity contribution in [3.05, 3.63) is 45.6 Å². The third kappa shape index (κ3) is 5.34. The number of amides is 1. The van der Waals surface area contributed by atoms with Crippen LogP contribution in [0, 0.1) is 0 Å². The van der Waals surface area contributed by atoms with Crippen molar-refractivity contribution in [3.63, 3.8) is 0 Å². The van der Waals surface area contributed by atoms with Crippen LogP contribution in [0.5, 0.6) is 5.75 Å². The van der Waals surface area contributed by atoms with Crippen molar-refractivity contribution in [2.45, 2.75) is 5.09 Å². The molecule has 0 aliphatic heterocycles. The van der Waals surface area contributed by atoms with Gasteiger partial charge in [-0.1, -0.05) is 11.6 Å². The molecular formula is C13H9BrClN2O6S-. The normalized spacial score (nSPS) is 11.6. The quantitative estimate of drug-likeness (QED) is 0.421. The van der Waals surface area contributed by atoms with Gasteiger partial charge in [-0.25, -0.2) is 13.8 Å². The van der Waals surface area contributed by atoms with Crippen LogP contribution in [-0.4, -0.2) is 31.7 Å². The van der Waals surface area contributed by atoms with Crippen LogP contribution in [0.15, 0.2) is 49.4 Å². The molecule has 0 aliphatic carbocycles. The van der Waals surface area contributed by atoms with Crippen molar-refractivity contribution in [2.75, 3.05) is 6.61 Å². The van der Waals surface area contributed by atoms with E-state index in [9.17, 15) is 17.8 Å². The maximum absolute atomic E-state index is 11.6. The summed E-state index contributed by atoms with van der Waals surface area (Å²) in [6.07, 6.45) is 1.05. The molecule has 0 saturated heterocycles. The number of ether oxygens (including phenoxy) is 1. The van der Waals surface area contributed by atoms with Crippen LogP contribution in [0.1, 0.15) is 5.76 Å². The van der Waals surface area contributed by atoms with Crippen molar-refractivity contribution in [2.24, 2.45) is 5.10 Å². The van der Waals surface area contributed by atoms with Crippen molar-refractivity contribution < 1.29 is 26.9 Å². The Labute approximate surface area is 150 Å². The number of nitrogens with zero attached hydrogens (tertiary/aromatic N) is 1. The summed E-state index contributed by atoms with van der Waals surface area (Å²) in [5, 5.41) is 3.34. The lowest BCUT2D eigenvalue weighted by Gasteiger charge is -2.07. The summed E-state index contributed by atoms with van der Waals surface area (Å²) in [7, 11) is -4.67. The molecule has 8 nitrogen and oxygen atoms in total. The van der Waals surface area contributed by atoms with Gasteiger partial charge in [-0.3, -0.25) is 4.79 Å². The summed E-state index contributed by atoms with van der Waals surface area (Å²) in [6, 6.07) is 7.03. The second-order valence-corrected chi connectivity index (χ2v) is 6.87. The van der Waals surface area contributed by atoms with E-state index < -0.39 is 21.1 Å². The van der Waals surface area contributed by atoms with Gasteiger partial charge in [0.2, 0.25) is 5.09 Å². The van der Waals surface area contributed by atoms with E-state index >= 15 is 0 Å². The van der Waals surface area contributed by atoms with E-state index in [0.29, 0.717) is 15.2 Å². The number of carbonyl (C=O) groups is 1. The number of benzene rings is 1. The Kier molecular flexibility index (Phi) is 5.99. The summed E-state index contributed by atoms with van der Waals surface area (Å²) >= 11 is 9.03. The predicted octanol–water partition coefficient (Wildman–Crippen LogP) is 2.13. The second kappa shape index (κ2) is 7.79. The van der Waals surface area contributed by atoms with Gasteiger partial charge in [0, 0.05) is 5.02 Å². The molecule has 1 amide bonds. The molecule has 24 heavy (non-hydrogen) atoms. The smallest absolute Gasteiger partial charge is 0.277 e. The second-order valence-electron chi connectivity index (χ2n) is 4.27. The fourth-order valence-electron chi connectivity index (χ4n) is 1.47. The van der Waals surface area contributed by atoms with Crippen LogP contribution in [0.2, 0.25) is 5.02 Å². The Balaban J connectivity index is 1.85. The number of hydrogen-bond acceptors (Lipinski definition) is 7. The van der Waals surface area contributed by atoms with Crippen LogP contribution in [0.25, 0.3) is 0 Å².